The van der Waals surface area contributed by atoms with E-state index in [-0.39, 0.29) is 6.04 Å². The van der Waals surface area contributed by atoms with E-state index in [2.05, 4.69) is 46.2 Å². The highest BCUT2D eigenvalue weighted by molar-refractivity contribution is 5.65. The van der Waals surface area contributed by atoms with Crippen LogP contribution in [0.1, 0.15) is 13.8 Å². The normalized spacial score (nSPS) is 14.8. The third-order valence-corrected chi connectivity index (χ3v) is 3.99. The molecule has 1 saturated heterocycles. The van der Waals surface area contributed by atoms with Gasteiger partial charge >= 0.3 is 0 Å². The minimum absolute atomic E-state index is 0.260. The summed E-state index contributed by atoms with van der Waals surface area (Å²) < 4.78 is 0. The molecule has 1 aliphatic heterocycles. The summed E-state index contributed by atoms with van der Waals surface area (Å²) in [6, 6.07) is 12.4. The predicted molar refractivity (Wildman–Crippen MR) is 96.1 cm³/mol. The first-order valence-electron chi connectivity index (χ1n) is 8.31. The number of nitrogens with zero attached hydrogens (tertiary/aromatic N) is 4. The van der Waals surface area contributed by atoms with Crippen LogP contribution in [0.5, 0.6) is 0 Å². The number of rotatable bonds is 5. The molecule has 0 saturated carbocycles. The lowest BCUT2D eigenvalue weighted by Gasteiger charge is -2.33. The van der Waals surface area contributed by atoms with Crippen LogP contribution in [-0.2, 0) is 4.79 Å². The van der Waals surface area contributed by atoms with Gasteiger partial charge in [-0.15, -0.1) is 0 Å². The van der Waals surface area contributed by atoms with Crippen molar-refractivity contribution in [3.8, 4) is 11.3 Å². The molecule has 24 heavy (non-hydrogen) atoms. The Hall–Kier alpha value is -2.63. The van der Waals surface area contributed by atoms with Crippen LogP contribution in [0.25, 0.3) is 11.3 Å². The van der Waals surface area contributed by atoms with Gasteiger partial charge in [0.15, 0.2) is 0 Å². The Morgan fingerprint density at radius 3 is 2.42 bits per heavy atom. The Balaban J connectivity index is 1.91. The third kappa shape index (κ3) is 3.82. The number of carbonyl (C=O) groups is 1. The van der Waals surface area contributed by atoms with Gasteiger partial charge in [0.25, 0.3) is 0 Å². The lowest BCUT2D eigenvalue weighted by atomic mass is 10.1. The van der Waals surface area contributed by atoms with E-state index >= 15 is 0 Å². The second-order valence-corrected chi connectivity index (χ2v) is 6.23. The van der Waals surface area contributed by atoms with Crippen molar-refractivity contribution in [2.24, 2.45) is 0 Å². The molecule has 2 aromatic rings. The average Bonchev–Trinajstić information content (AvgIpc) is 2.62. The summed E-state index contributed by atoms with van der Waals surface area (Å²) in [7, 11) is 0. The molecular formula is C18H23N5O. The topological polar surface area (TPSA) is 61.4 Å². The fourth-order valence-corrected chi connectivity index (χ4v) is 2.73. The van der Waals surface area contributed by atoms with Crippen molar-refractivity contribution in [2.75, 3.05) is 36.4 Å². The summed E-state index contributed by atoms with van der Waals surface area (Å²) in [4.78, 5) is 24.2. The molecule has 0 bridgehead atoms. The molecule has 0 radical (unpaired) electrons. The quantitative estimate of drug-likeness (QED) is 0.854. The molecule has 0 unspecified atom stereocenters. The monoisotopic (exact) mass is 325 g/mol. The van der Waals surface area contributed by atoms with Crippen LogP contribution < -0.4 is 10.2 Å². The first-order chi connectivity index (χ1) is 11.7. The van der Waals surface area contributed by atoms with E-state index in [9.17, 15) is 4.79 Å². The summed E-state index contributed by atoms with van der Waals surface area (Å²) in [6.45, 7) is 7.15. The summed E-state index contributed by atoms with van der Waals surface area (Å²) in [5, 5.41) is 3.30. The molecule has 0 spiro atoms. The first-order valence-corrected chi connectivity index (χ1v) is 8.31. The van der Waals surface area contributed by atoms with Gasteiger partial charge in [0.1, 0.15) is 5.82 Å². The molecule has 3 rings (SSSR count). The predicted octanol–water partition coefficient (Wildman–Crippen LogP) is 2.24. The van der Waals surface area contributed by atoms with Gasteiger partial charge in [0.2, 0.25) is 12.4 Å². The Morgan fingerprint density at radius 2 is 1.79 bits per heavy atom. The van der Waals surface area contributed by atoms with Gasteiger partial charge < -0.3 is 15.1 Å². The fraction of sp³-hybridized carbons (Fsp3) is 0.389. The van der Waals surface area contributed by atoms with Crippen molar-refractivity contribution in [1.82, 2.24) is 14.9 Å². The maximum atomic E-state index is 10.9. The minimum Gasteiger partial charge on any atom is -0.353 e. The van der Waals surface area contributed by atoms with Gasteiger partial charge in [0.05, 0.1) is 5.69 Å². The number of hydrogen-bond acceptors (Lipinski definition) is 5. The SMILES string of the molecule is CC(C)Nc1nc(-c2ccccc2)cc(N2CCN(C=O)CC2)n1. The Morgan fingerprint density at radius 1 is 1.08 bits per heavy atom. The number of aromatic nitrogens is 2. The van der Waals surface area contributed by atoms with Crippen molar-refractivity contribution in [3.63, 3.8) is 0 Å². The number of amides is 1. The van der Waals surface area contributed by atoms with Crippen LogP contribution in [0.2, 0.25) is 0 Å². The van der Waals surface area contributed by atoms with Crippen molar-refractivity contribution in [3.05, 3.63) is 36.4 Å². The summed E-state index contributed by atoms with van der Waals surface area (Å²) >= 11 is 0. The van der Waals surface area contributed by atoms with Crippen LogP contribution in [-0.4, -0.2) is 53.5 Å². The maximum absolute atomic E-state index is 10.9. The molecule has 126 valence electrons. The Labute approximate surface area is 142 Å². The standard InChI is InChI=1S/C18H23N5O/c1-14(2)19-18-20-16(15-6-4-3-5-7-15)12-17(21-18)23-10-8-22(13-24)9-11-23/h3-7,12-14H,8-11H2,1-2H3,(H,19,20,21). The molecule has 1 amide bonds. The van der Waals surface area contributed by atoms with Gasteiger partial charge in [-0.2, -0.15) is 4.98 Å². The molecule has 6 nitrogen and oxygen atoms in total. The zero-order chi connectivity index (χ0) is 16.9. The summed E-state index contributed by atoms with van der Waals surface area (Å²) in [5.41, 5.74) is 1.97. The van der Waals surface area contributed by atoms with Gasteiger partial charge in [-0.3, -0.25) is 4.79 Å². The number of carbonyl (C=O) groups excluding carboxylic acids is 1. The van der Waals surface area contributed by atoms with Crippen LogP contribution in [0.15, 0.2) is 36.4 Å². The van der Waals surface area contributed by atoms with Gasteiger partial charge in [0, 0.05) is 43.9 Å². The van der Waals surface area contributed by atoms with E-state index in [4.69, 9.17) is 0 Å². The van der Waals surface area contributed by atoms with E-state index in [1.807, 2.05) is 24.3 Å². The molecule has 6 heteroatoms. The zero-order valence-electron chi connectivity index (χ0n) is 14.1. The average molecular weight is 325 g/mol. The van der Waals surface area contributed by atoms with Gasteiger partial charge in [-0.05, 0) is 13.8 Å². The van der Waals surface area contributed by atoms with Crippen LogP contribution in [0, 0.1) is 0 Å². The van der Waals surface area contributed by atoms with E-state index < -0.39 is 0 Å². The lowest BCUT2D eigenvalue weighted by Crippen LogP contribution is -2.46. The third-order valence-electron chi connectivity index (χ3n) is 3.99. The van der Waals surface area contributed by atoms with E-state index in [1.54, 1.807) is 4.90 Å². The fourth-order valence-electron chi connectivity index (χ4n) is 2.73. The second kappa shape index (κ2) is 7.29. The second-order valence-electron chi connectivity index (χ2n) is 6.23. The molecule has 1 fully saturated rings. The highest BCUT2D eigenvalue weighted by atomic mass is 16.1. The molecule has 0 aliphatic carbocycles. The van der Waals surface area contributed by atoms with Crippen LogP contribution in [0.3, 0.4) is 0 Å². The Bertz CT molecular complexity index is 681. The van der Waals surface area contributed by atoms with Gasteiger partial charge in [-0.25, -0.2) is 4.98 Å². The number of nitrogens with one attached hydrogen (secondary N) is 1. The molecular weight excluding hydrogens is 302 g/mol. The molecule has 1 N–H and O–H groups in total. The molecule has 1 aromatic carbocycles. The Kier molecular flexibility index (Phi) is 4.93. The van der Waals surface area contributed by atoms with E-state index in [0.29, 0.717) is 5.95 Å². The largest absolute Gasteiger partial charge is 0.353 e. The van der Waals surface area contributed by atoms with E-state index in [0.717, 1.165) is 49.7 Å². The molecule has 2 heterocycles. The number of anilines is 2. The molecule has 1 aliphatic rings. The highest BCUT2D eigenvalue weighted by Crippen LogP contribution is 2.24. The first kappa shape index (κ1) is 16.2. The number of piperazine rings is 1. The van der Waals surface area contributed by atoms with Crippen molar-refractivity contribution >= 4 is 18.2 Å². The lowest BCUT2D eigenvalue weighted by molar-refractivity contribution is -0.118. The molecule has 0 atom stereocenters. The minimum atomic E-state index is 0.260. The van der Waals surface area contributed by atoms with Crippen molar-refractivity contribution < 1.29 is 4.79 Å². The maximum Gasteiger partial charge on any atom is 0.225 e. The van der Waals surface area contributed by atoms with Crippen LogP contribution >= 0.6 is 0 Å². The van der Waals surface area contributed by atoms with Crippen LogP contribution in [0.4, 0.5) is 11.8 Å². The van der Waals surface area contributed by atoms with Gasteiger partial charge in [-0.1, -0.05) is 30.3 Å². The number of hydrogen-bond donors (Lipinski definition) is 1. The molecule has 1 aromatic heterocycles. The smallest absolute Gasteiger partial charge is 0.225 e. The number of benzene rings is 1. The summed E-state index contributed by atoms with van der Waals surface area (Å²) in [6.07, 6.45) is 0.915. The van der Waals surface area contributed by atoms with Crippen molar-refractivity contribution in [1.29, 1.82) is 0 Å². The van der Waals surface area contributed by atoms with Crippen molar-refractivity contribution in [2.45, 2.75) is 19.9 Å². The zero-order valence-corrected chi connectivity index (χ0v) is 14.1. The summed E-state index contributed by atoms with van der Waals surface area (Å²) in [5.74, 6) is 1.54. The van der Waals surface area contributed by atoms with E-state index in [1.165, 1.54) is 0 Å². The highest BCUT2D eigenvalue weighted by Gasteiger charge is 2.18.